The number of hydrogen-bond acceptors (Lipinski definition) is 3. The van der Waals surface area contributed by atoms with Gasteiger partial charge in [0.15, 0.2) is 5.82 Å². The Morgan fingerprint density at radius 2 is 0.820 bits per heavy atom. The molecule has 0 unspecified atom stereocenters. The molecule has 7 aromatic carbocycles. The summed E-state index contributed by atoms with van der Waals surface area (Å²) < 4.78 is 3.43. The van der Waals surface area contributed by atoms with Crippen LogP contribution in [-0.2, 0) is 14.1 Å². The van der Waals surface area contributed by atoms with Gasteiger partial charge >= 0.3 is 5.69 Å². The molecule has 0 aliphatic carbocycles. The summed E-state index contributed by atoms with van der Waals surface area (Å²) in [6.07, 6.45) is 0. The van der Waals surface area contributed by atoms with Crippen molar-refractivity contribution < 1.29 is 0 Å². The van der Waals surface area contributed by atoms with Crippen molar-refractivity contribution in [3.63, 3.8) is 0 Å². The minimum atomic E-state index is -0.0276. The molecule has 238 valence electrons. The SMILES string of the molecule is Cn1c(=O)n(C)c2cc(-c3c4ccccc4c(-c4ccc(-c5cc(-c6ccccc6)nc(-c6ccccc6)n5)cc4)c4ccccc34)ccc21. The normalized spacial score (nSPS) is 11.5. The molecule has 0 saturated carbocycles. The van der Waals surface area contributed by atoms with Crippen LogP contribution in [0.25, 0.3) is 88.7 Å². The molecule has 0 atom stereocenters. The molecule has 0 spiro atoms. The summed E-state index contributed by atoms with van der Waals surface area (Å²) >= 11 is 0. The lowest BCUT2D eigenvalue weighted by Gasteiger charge is -2.18. The Morgan fingerprint density at radius 3 is 1.38 bits per heavy atom. The summed E-state index contributed by atoms with van der Waals surface area (Å²) in [5.74, 6) is 0.701. The Hall–Kier alpha value is -6.59. The predicted molar refractivity (Wildman–Crippen MR) is 206 cm³/mol. The topological polar surface area (TPSA) is 52.7 Å². The monoisotopic (exact) mass is 644 g/mol. The van der Waals surface area contributed by atoms with Crippen LogP contribution in [0.4, 0.5) is 0 Å². The first-order valence-electron chi connectivity index (χ1n) is 16.8. The highest BCUT2D eigenvalue weighted by atomic mass is 16.1. The molecular formula is C45H32N4O. The molecule has 0 aliphatic heterocycles. The number of hydrogen-bond donors (Lipinski definition) is 0. The second-order valence-corrected chi connectivity index (χ2v) is 12.7. The van der Waals surface area contributed by atoms with Gasteiger partial charge in [-0.15, -0.1) is 0 Å². The minimum absolute atomic E-state index is 0.0276. The highest BCUT2D eigenvalue weighted by Crippen LogP contribution is 2.44. The van der Waals surface area contributed by atoms with E-state index in [0.29, 0.717) is 5.82 Å². The van der Waals surface area contributed by atoms with Crippen LogP contribution < -0.4 is 5.69 Å². The first-order valence-corrected chi connectivity index (χ1v) is 16.8. The number of fused-ring (bicyclic) bond motifs is 3. The van der Waals surface area contributed by atoms with Crippen LogP contribution in [0, 0.1) is 0 Å². The smallest absolute Gasteiger partial charge is 0.295 e. The van der Waals surface area contributed by atoms with Crippen molar-refractivity contribution in [2.45, 2.75) is 0 Å². The van der Waals surface area contributed by atoms with Crippen LogP contribution in [0.15, 0.2) is 163 Å². The van der Waals surface area contributed by atoms with Crippen LogP contribution >= 0.6 is 0 Å². The van der Waals surface area contributed by atoms with E-state index in [0.717, 1.165) is 55.8 Å². The van der Waals surface area contributed by atoms with Crippen molar-refractivity contribution in [1.29, 1.82) is 0 Å². The van der Waals surface area contributed by atoms with Crippen molar-refractivity contribution in [2.24, 2.45) is 14.1 Å². The standard InChI is InChI=1S/C45H32N4O/c1-48-40-26-25-33(27-41(40)49(2)45(48)50)43-36-19-11-9-17-34(36)42(35-18-10-12-20-37(35)43)31-23-21-30(22-24-31)39-28-38(29-13-5-3-6-14-29)46-44(47-39)32-15-7-4-8-16-32/h3-28H,1-2H3. The molecule has 2 aromatic heterocycles. The molecule has 0 amide bonds. The highest BCUT2D eigenvalue weighted by molar-refractivity contribution is 6.21. The van der Waals surface area contributed by atoms with E-state index in [9.17, 15) is 4.79 Å². The van der Waals surface area contributed by atoms with Gasteiger partial charge in [-0.25, -0.2) is 14.8 Å². The molecule has 50 heavy (non-hydrogen) atoms. The predicted octanol–water partition coefficient (Wildman–Crippen LogP) is 10.3. The third-order valence-corrected chi connectivity index (χ3v) is 9.79. The van der Waals surface area contributed by atoms with E-state index in [-0.39, 0.29) is 5.69 Å². The Kier molecular flexibility index (Phi) is 6.99. The fourth-order valence-corrected chi connectivity index (χ4v) is 7.29. The molecule has 5 heteroatoms. The van der Waals surface area contributed by atoms with Crippen LogP contribution in [0.2, 0.25) is 0 Å². The van der Waals surface area contributed by atoms with E-state index >= 15 is 0 Å². The lowest BCUT2D eigenvalue weighted by atomic mass is 9.85. The summed E-state index contributed by atoms with van der Waals surface area (Å²) in [6.45, 7) is 0. The first kappa shape index (κ1) is 29.5. The maximum atomic E-state index is 12.8. The Balaban J connectivity index is 1.21. The van der Waals surface area contributed by atoms with Crippen LogP contribution in [0.1, 0.15) is 0 Å². The van der Waals surface area contributed by atoms with E-state index in [2.05, 4.69) is 121 Å². The zero-order chi connectivity index (χ0) is 33.8. The molecule has 9 aromatic rings. The maximum absolute atomic E-state index is 12.8. The van der Waals surface area contributed by atoms with E-state index in [4.69, 9.17) is 9.97 Å². The highest BCUT2D eigenvalue weighted by Gasteiger charge is 2.18. The van der Waals surface area contributed by atoms with E-state index < -0.39 is 0 Å². The molecule has 0 radical (unpaired) electrons. The molecule has 0 saturated heterocycles. The number of rotatable bonds is 5. The molecule has 9 rings (SSSR count). The van der Waals surface area contributed by atoms with Gasteiger partial charge in [-0.2, -0.15) is 0 Å². The summed E-state index contributed by atoms with van der Waals surface area (Å²) in [7, 11) is 3.66. The average Bonchev–Trinajstić information content (AvgIpc) is 3.40. The van der Waals surface area contributed by atoms with Gasteiger partial charge in [0.05, 0.1) is 22.4 Å². The van der Waals surface area contributed by atoms with Gasteiger partial charge in [0.2, 0.25) is 0 Å². The Bertz CT molecular complexity index is 2670. The van der Waals surface area contributed by atoms with Crippen LogP contribution in [0.5, 0.6) is 0 Å². The van der Waals surface area contributed by atoms with Crippen molar-refractivity contribution in [1.82, 2.24) is 19.1 Å². The summed E-state index contributed by atoms with van der Waals surface area (Å²) in [5.41, 5.74) is 11.2. The van der Waals surface area contributed by atoms with Gasteiger partial charge < -0.3 is 0 Å². The van der Waals surface area contributed by atoms with Crippen molar-refractivity contribution >= 4 is 32.6 Å². The zero-order valence-electron chi connectivity index (χ0n) is 27.7. The molecule has 0 fully saturated rings. The van der Waals surface area contributed by atoms with Crippen molar-refractivity contribution in [3.05, 3.63) is 168 Å². The summed E-state index contributed by atoms with van der Waals surface area (Å²) in [6, 6.07) is 54.9. The van der Waals surface area contributed by atoms with Gasteiger partial charge in [0.25, 0.3) is 0 Å². The molecular weight excluding hydrogens is 613 g/mol. The van der Waals surface area contributed by atoms with Crippen molar-refractivity contribution in [2.75, 3.05) is 0 Å². The third kappa shape index (κ3) is 4.82. The van der Waals surface area contributed by atoms with E-state index in [1.807, 2.05) is 50.5 Å². The van der Waals surface area contributed by atoms with Gasteiger partial charge in [0, 0.05) is 30.8 Å². The average molecular weight is 645 g/mol. The zero-order valence-corrected chi connectivity index (χ0v) is 27.7. The molecule has 2 heterocycles. The molecule has 0 bridgehead atoms. The summed E-state index contributed by atoms with van der Waals surface area (Å²) in [4.78, 5) is 22.8. The molecule has 0 N–H and O–H groups in total. The third-order valence-electron chi connectivity index (χ3n) is 9.79. The van der Waals surface area contributed by atoms with Crippen LogP contribution in [0.3, 0.4) is 0 Å². The second-order valence-electron chi connectivity index (χ2n) is 12.7. The van der Waals surface area contributed by atoms with Gasteiger partial charge in [-0.1, -0.05) is 140 Å². The summed E-state index contributed by atoms with van der Waals surface area (Å²) in [5, 5.41) is 4.69. The fourth-order valence-electron chi connectivity index (χ4n) is 7.29. The second kappa shape index (κ2) is 11.8. The van der Waals surface area contributed by atoms with Crippen LogP contribution in [-0.4, -0.2) is 19.1 Å². The van der Waals surface area contributed by atoms with Gasteiger partial charge in [-0.3, -0.25) is 9.13 Å². The van der Waals surface area contributed by atoms with E-state index in [1.54, 1.807) is 9.13 Å². The Labute approximate surface area is 289 Å². The number of benzene rings is 7. The maximum Gasteiger partial charge on any atom is 0.328 e. The van der Waals surface area contributed by atoms with E-state index in [1.165, 1.54) is 27.1 Å². The lowest BCUT2D eigenvalue weighted by Crippen LogP contribution is -2.19. The van der Waals surface area contributed by atoms with Gasteiger partial charge in [0.1, 0.15) is 0 Å². The number of nitrogens with zero attached hydrogens (tertiary/aromatic N) is 4. The number of imidazole rings is 1. The van der Waals surface area contributed by atoms with Crippen molar-refractivity contribution in [3.8, 4) is 56.2 Å². The number of aryl methyl sites for hydroxylation is 2. The Morgan fingerprint density at radius 1 is 0.400 bits per heavy atom. The fraction of sp³-hybridized carbons (Fsp3) is 0.0444. The molecule has 0 aliphatic rings. The molecule has 5 nitrogen and oxygen atoms in total. The quantitative estimate of drug-likeness (QED) is 0.175. The first-order chi connectivity index (χ1) is 24.5. The van der Waals surface area contributed by atoms with Gasteiger partial charge in [-0.05, 0) is 62.0 Å². The largest absolute Gasteiger partial charge is 0.328 e. The lowest BCUT2D eigenvalue weighted by molar-refractivity contribution is 0.795. The number of aromatic nitrogens is 4. The minimum Gasteiger partial charge on any atom is -0.295 e.